The quantitative estimate of drug-likeness (QED) is 0.244. The van der Waals surface area contributed by atoms with Crippen LogP contribution in [0.3, 0.4) is 0 Å². The van der Waals surface area contributed by atoms with Crippen LogP contribution >= 0.6 is 0 Å². The minimum Gasteiger partial charge on any atom is -0.393 e. The number of nitrogens with one attached hydrogen (secondary N) is 2. The fraction of sp³-hybridized carbons (Fsp3) is 0.811. The Morgan fingerprint density at radius 3 is 2.26 bits per heavy atom. The Kier molecular flexibility index (Phi) is 9.55. The fourth-order valence-corrected chi connectivity index (χ4v) is 12.3. The number of amides is 2. The minimum absolute atomic E-state index is 0.0466. The first-order chi connectivity index (χ1) is 21.3. The maximum Gasteiger partial charge on any atom is 0.328 e. The maximum absolute atomic E-state index is 12.8. The van der Waals surface area contributed by atoms with Crippen LogP contribution < -0.4 is 10.0 Å². The number of hydrogen-bond donors (Lipinski definition) is 5. The summed E-state index contributed by atoms with van der Waals surface area (Å²) < 4.78 is 27.8. The van der Waals surface area contributed by atoms with Gasteiger partial charge in [0, 0.05) is 6.54 Å². The van der Waals surface area contributed by atoms with Crippen LogP contribution in [0.25, 0.3) is 0 Å². The molecular weight excluding hydrogens is 600 g/mol. The predicted molar refractivity (Wildman–Crippen MR) is 180 cm³/mol. The number of aliphatic hydroxyl groups excluding tert-OH is 3. The van der Waals surface area contributed by atoms with Crippen molar-refractivity contribution in [2.45, 2.75) is 135 Å². The molecule has 4 aliphatic carbocycles. The molecule has 4 fully saturated rings. The fourth-order valence-electron chi connectivity index (χ4n) is 11.4. The average molecular weight is 661 g/mol. The zero-order chi connectivity index (χ0) is 34.0. The highest BCUT2D eigenvalue weighted by atomic mass is 32.2. The summed E-state index contributed by atoms with van der Waals surface area (Å²) in [5, 5.41) is 37.6. The smallest absolute Gasteiger partial charge is 0.328 e. The Labute approximate surface area is 277 Å². The molecule has 9 heteroatoms. The van der Waals surface area contributed by atoms with E-state index in [2.05, 4.69) is 65.4 Å². The summed E-state index contributed by atoms with van der Waals surface area (Å²) in [4.78, 5) is 12.7. The van der Waals surface area contributed by atoms with Crippen molar-refractivity contribution in [2.75, 3.05) is 6.54 Å². The van der Waals surface area contributed by atoms with Gasteiger partial charge in [0.25, 0.3) is 10.0 Å². The van der Waals surface area contributed by atoms with E-state index in [4.69, 9.17) is 0 Å². The van der Waals surface area contributed by atoms with Crippen molar-refractivity contribution in [3.63, 3.8) is 0 Å². The number of benzene rings is 1. The monoisotopic (exact) mass is 660 g/mol. The lowest BCUT2D eigenvalue weighted by atomic mass is 9.36. The summed E-state index contributed by atoms with van der Waals surface area (Å²) in [6.45, 7) is 17.8. The SMILES string of the molecule is CC[C@H]1[C@@H](O)[C@H]2[C@@H]3CC[C@H]([C@H](C)CCNC(=O)NS(=O)(=O)c4ccc(C(C)(C)C)cc4)[C@@]3(C)[C@H](O)C[C@@H]2[C@@]2(C)CC[C@@H](O)C[C@@]12C. The van der Waals surface area contributed by atoms with Crippen molar-refractivity contribution in [3.05, 3.63) is 29.8 Å². The number of aliphatic hydroxyl groups is 3. The summed E-state index contributed by atoms with van der Waals surface area (Å²) in [6, 6.07) is 5.87. The third kappa shape index (κ3) is 5.73. The largest absolute Gasteiger partial charge is 0.393 e. The molecule has 4 aliphatic rings. The highest BCUT2D eigenvalue weighted by Crippen LogP contribution is 2.72. The first-order valence-corrected chi connectivity index (χ1v) is 19.2. The highest BCUT2D eigenvalue weighted by molar-refractivity contribution is 7.90. The Bertz CT molecular complexity index is 1380. The number of fused-ring (bicyclic) bond motifs is 5. The van der Waals surface area contributed by atoms with Crippen LogP contribution in [0, 0.1) is 51.8 Å². The summed E-state index contributed by atoms with van der Waals surface area (Å²) in [6.07, 6.45) is 5.28. The van der Waals surface area contributed by atoms with Crippen molar-refractivity contribution in [3.8, 4) is 0 Å². The third-order valence-electron chi connectivity index (χ3n) is 14.2. The van der Waals surface area contributed by atoms with E-state index in [9.17, 15) is 28.5 Å². The first-order valence-electron chi connectivity index (χ1n) is 17.8. The van der Waals surface area contributed by atoms with Gasteiger partial charge in [0.05, 0.1) is 23.2 Å². The van der Waals surface area contributed by atoms with Gasteiger partial charge in [-0.3, -0.25) is 0 Å². The maximum atomic E-state index is 12.8. The molecule has 0 aromatic heterocycles. The van der Waals surface area contributed by atoms with Crippen LogP contribution in [0.4, 0.5) is 4.79 Å². The summed E-state index contributed by atoms with van der Waals surface area (Å²) in [7, 11) is -4.00. The van der Waals surface area contributed by atoms with Gasteiger partial charge in [0.2, 0.25) is 0 Å². The Morgan fingerprint density at radius 2 is 1.65 bits per heavy atom. The molecule has 0 spiro atoms. The Morgan fingerprint density at radius 1 is 1.00 bits per heavy atom. The van der Waals surface area contributed by atoms with Crippen LogP contribution in [0.15, 0.2) is 29.2 Å². The van der Waals surface area contributed by atoms with Gasteiger partial charge in [-0.25, -0.2) is 17.9 Å². The van der Waals surface area contributed by atoms with Crippen LogP contribution in [-0.4, -0.2) is 54.6 Å². The molecule has 1 aromatic carbocycles. The number of sulfonamides is 1. The molecule has 8 nitrogen and oxygen atoms in total. The minimum atomic E-state index is -4.00. The van der Waals surface area contributed by atoms with Gasteiger partial charge in [0.15, 0.2) is 0 Å². The molecule has 5 rings (SSSR count). The second-order valence-corrected chi connectivity index (χ2v) is 18.9. The molecule has 0 bridgehead atoms. The second kappa shape index (κ2) is 12.3. The average Bonchev–Trinajstić information content (AvgIpc) is 3.32. The van der Waals surface area contributed by atoms with Crippen molar-refractivity contribution in [2.24, 2.45) is 51.8 Å². The first kappa shape index (κ1) is 35.6. The topological polar surface area (TPSA) is 136 Å². The highest BCUT2D eigenvalue weighted by Gasteiger charge is 2.70. The van der Waals surface area contributed by atoms with Crippen molar-refractivity contribution in [1.29, 1.82) is 0 Å². The molecule has 5 N–H and O–H groups in total. The summed E-state index contributed by atoms with van der Waals surface area (Å²) in [5.41, 5.74) is 0.339. The van der Waals surface area contributed by atoms with E-state index in [0.717, 1.165) is 37.7 Å². The van der Waals surface area contributed by atoms with Crippen LogP contribution in [0.5, 0.6) is 0 Å². The number of carbonyl (C=O) groups excluding carboxylic acids is 1. The normalized spacial score (nSPS) is 41.5. The molecule has 0 unspecified atom stereocenters. The van der Waals surface area contributed by atoms with E-state index in [0.29, 0.717) is 25.8 Å². The zero-order valence-electron chi connectivity index (χ0n) is 29.3. The Balaban J connectivity index is 1.24. The lowest BCUT2D eigenvalue weighted by Crippen LogP contribution is -2.68. The van der Waals surface area contributed by atoms with E-state index in [1.807, 2.05) is 0 Å². The molecule has 12 atom stereocenters. The molecule has 4 saturated carbocycles. The van der Waals surface area contributed by atoms with Crippen molar-refractivity contribution >= 4 is 16.1 Å². The van der Waals surface area contributed by atoms with Crippen LogP contribution in [-0.2, 0) is 15.4 Å². The van der Waals surface area contributed by atoms with Gasteiger partial charge >= 0.3 is 6.03 Å². The van der Waals surface area contributed by atoms with Crippen LogP contribution in [0.2, 0.25) is 0 Å². The summed E-state index contributed by atoms with van der Waals surface area (Å²) in [5.74, 6) is 1.07. The van der Waals surface area contributed by atoms with E-state index in [1.54, 1.807) is 12.1 Å². The van der Waals surface area contributed by atoms with Gasteiger partial charge < -0.3 is 20.6 Å². The van der Waals surface area contributed by atoms with E-state index in [-0.39, 0.29) is 68.2 Å². The lowest BCUT2D eigenvalue weighted by molar-refractivity contribution is -0.260. The van der Waals surface area contributed by atoms with Crippen molar-refractivity contribution in [1.82, 2.24) is 10.0 Å². The van der Waals surface area contributed by atoms with Gasteiger partial charge in [-0.2, -0.15) is 0 Å². The van der Waals surface area contributed by atoms with Crippen LogP contribution in [0.1, 0.15) is 112 Å². The lowest BCUT2D eigenvalue weighted by Gasteiger charge is -2.69. The standard InChI is InChI=1S/C37H60N2O6S/c1-9-26-32(42)31-28-15-14-27(37(28,8)30(41)20-29(31)35(6)18-16-24(40)21-36(26,35)7)22(2)17-19-38-33(43)39-46(44,45)25-12-10-23(11-13-25)34(3,4)5/h10-13,22,24,26-32,40-42H,9,14-21H2,1-8H3,(H2,38,39,43)/t22-,24-,26+,27-,28+,29+,30-,31+,32-,35-,36+,37-/m1/s1. The molecule has 2 amide bonds. The second-order valence-electron chi connectivity index (χ2n) is 17.2. The molecular formula is C37H60N2O6S. The van der Waals surface area contributed by atoms with Gasteiger partial charge in [-0.15, -0.1) is 0 Å². The summed E-state index contributed by atoms with van der Waals surface area (Å²) >= 11 is 0. The van der Waals surface area contributed by atoms with Gasteiger partial charge in [-0.05, 0) is 120 Å². The molecule has 0 aliphatic heterocycles. The Hall–Kier alpha value is -1.68. The van der Waals surface area contributed by atoms with Gasteiger partial charge in [0.1, 0.15) is 0 Å². The van der Waals surface area contributed by atoms with Gasteiger partial charge in [-0.1, -0.05) is 73.9 Å². The van der Waals surface area contributed by atoms with E-state index in [1.165, 1.54) is 12.1 Å². The molecule has 46 heavy (non-hydrogen) atoms. The number of rotatable bonds is 7. The third-order valence-corrected chi connectivity index (χ3v) is 15.5. The molecule has 1 aromatic rings. The number of hydrogen-bond acceptors (Lipinski definition) is 6. The molecule has 260 valence electrons. The predicted octanol–water partition coefficient (Wildman–Crippen LogP) is 5.99. The van der Waals surface area contributed by atoms with Crippen molar-refractivity contribution < 1.29 is 28.5 Å². The molecule has 0 saturated heterocycles. The van der Waals surface area contributed by atoms with E-state index >= 15 is 0 Å². The number of carbonyl (C=O) groups is 1. The molecule has 0 radical (unpaired) electrons. The number of urea groups is 1. The van der Waals surface area contributed by atoms with E-state index < -0.39 is 28.3 Å². The molecule has 0 heterocycles. The zero-order valence-corrected chi connectivity index (χ0v) is 30.2.